The molecule has 0 fully saturated rings. The Balaban J connectivity index is 1.98. The molecule has 0 saturated heterocycles. The molecule has 0 saturated carbocycles. The van der Waals surface area contributed by atoms with Crippen molar-refractivity contribution in [2.45, 2.75) is 25.6 Å². The van der Waals surface area contributed by atoms with Gasteiger partial charge >= 0.3 is 0 Å². The van der Waals surface area contributed by atoms with Crippen LogP contribution in [0.25, 0.3) is 17.2 Å². The Labute approximate surface area is 121 Å². The van der Waals surface area contributed by atoms with Crippen LogP contribution in [-0.2, 0) is 6.54 Å². The number of hydrogen-bond acceptors (Lipinski definition) is 4. The van der Waals surface area contributed by atoms with Gasteiger partial charge in [0.25, 0.3) is 0 Å². The van der Waals surface area contributed by atoms with Crippen molar-refractivity contribution >= 4 is 17.4 Å². The fourth-order valence-electron chi connectivity index (χ4n) is 2.79. The third-order valence-corrected chi connectivity index (χ3v) is 4.87. The zero-order chi connectivity index (χ0) is 13.7. The molecular formula is C14H15N5S. The molecule has 0 N–H and O–H groups in total. The Morgan fingerprint density at radius 1 is 1.30 bits per heavy atom. The van der Waals surface area contributed by atoms with E-state index >= 15 is 0 Å². The van der Waals surface area contributed by atoms with Crippen LogP contribution in [0.3, 0.4) is 0 Å². The van der Waals surface area contributed by atoms with Crippen molar-refractivity contribution < 1.29 is 0 Å². The van der Waals surface area contributed by atoms with Gasteiger partial charge in [0.2, 0.25) is 0 Å². The third kappa shape index (κ3) is 1.61. The van der Waals surface area contributed by atoms with Crippen molar-refractivity contribution in [1.29, 1.82) is 0 Å². The second kappa shape index (κ2) is 4.34. The van der Waals surface area contributed by atoms with Crippen LogP contribution in [0.4, 0.5) is 0 Å². The number of thioether (sulfide) groups is 1. The molecule has 0 radical (unpaired) electrons. The van der Waals surface area contributed by atoms with E-state index in [2.05, 4.69) is 31.1 Å². The van der Waals surface area contributed by atoms with Gasteiger partial charge in [0.1, 0.15) is 17.2 Å². The highest BCUT2D eigenvalue weighted by molar-refractivity contribution is 7.99. The fraction of sp³-hybridized carbons (Fsp3) is 0.357. The van der Waals surface area contributed by atoms with Gasteiger partial charge in [0, 0.05) is 18.5 Å². The Hall–Kier alpha value is -1.82. The first-order chi connectivity index (χ1) is 9.75. The lowest BCUT2D eigenvalue weighted by Gasteiger charge is -2.20. The fourth-order valence-corrected chi connectivity index (χ4v) is 3.75. The standard InChI is InChI=1S/C14H15N5S/c1-9-12(18-6-4-3-5-11(18)15-9)14-17-16-13-10(2)20-8-7-19(13)14/h3-6,10H,7-8H2,1-2H3. The van der Waals surface area contributed by atoms with Gasteiger partial charge in [-0.3, -0.25) is 4.40 Å². The van der Waals surface area contributed by atoms with Crippen molar-refractivity contribution in [3.05, 3.63) is 35.9 Å². The van der Waals surface area contributed by atoms with Crippen LogP contribution < -0.4 is 0 Å². The zero-order valence-corrected chi connectivity index (χ0v) is 12.3. The highest BCUT2D eigenvalue weighted by atomic mass is 32.2. The van der Waals surface area contributed by atoms with Crippen LogP contribution in [0, 0.1) is 6.92 Å². The quantitative estimate of drug-likeness (QED) is 0.690. The van der Waals surface area contributed by atoms with Crippen molar-refractivity contribution in [2.75, 3.05) is 5.75 Å². The molecule has 4 rings (SSSR count). The monoisotopic (exact) mass is 285 g/mol. The van der Waals surface area contributed by atoms with Gasteiger partial charge in [-0.15, -0.1) is 22.0 Å². The second-order valence-corrected chi connectivity index (χ2v) is 6.47. The minimum Gasteiger partial charge on any atom is -0.308 e. The van der Waals surface area contributed by atoms with E-state index in [0.717, 1.165) is 41.0 Å². The Morgan fingerprint density at radius 3 is 3.10 bits per heavy atom. The van der Waals surface area contributed by atoms with Crippen molar-refractivity contribution in [3.8, 4) is 11.5 Å². The summed E-state index contributed by atoms with van der Waals surface area (Å²) in [6.45, 7) is 5.19. The van der Waals surface area contributed by atoms with Gasteiger partial charge < -0.3 is 4.57 Å². The molecule has 0 aromatic carbocycles. The molecule has 102 valence electrons. The van der Waals surface area contributed by atoms with Crippen molar-refractivity contribution in [2.24, 2.45) is 0 Å². The maximum Gasteiger partial charge on any atom is 0.182 e. The van der Waals surface area contributed by atoms with E-state index in [1.165, 1.54) is 0 Å². The van der Waals surface area contributed by atoms with Gasteiger partial charge in [0.05, 0.1) is 10.9 Å². The van der Waals surface area contributed by atoms with Gasteiger partial charge in [-0.25, -0.2) is 4.98 Å². The summed E-state index contributed by atoms with van der Waals surface area (Å²) in [7, 11) is 0. The lowest BCUT2D eigenvalue weighted by molar-refractivity contribution is 0.689. The van der Waals surface area contributed by atoms with Crippen molar-refractivity contribution in [1.82, 2.24) is 24.1 Å². The molecule has 0 spiro atoms. The molecule has 1 unspecified atom stereocenters. The molecule has 20 heavy (non-hydrogen) atoms. The molecular weight excluding hydrogens is 270 g/mol. The van der Waals surface area contributed by atoms with Gasteiger partial charge in [-0.1, -0.05) is 6.07 Å². The van der Waals surface area contributed by atoms with E-state index in [1.807, 2.05) is 43.1 Å². The number of imidazole rings is 1. The van der Waals surface area contributed by atoms with Crippen LogP contribution in [0.5, 0.6) is 0 Å². The number of pyridine rings is 1. The summed E-state index contributed by atoms with van der Waals surface area (Å²) in [5, 5.41) is 9.24. The van der Waals surface area contributed by atoms with E-state index < -0.39 is 0 Å². The normalized spacial score (nSPS) is 18.4. The predicted octanol–water partition coefficient (Wildman–Crippen LogP) is 2.71. The number of rotatable bonds is 1. The summed E-state index contributed by atoms with van der Waals surface area (Å²) < 4.78 is 4.34. The van der Waals surface area contributed by atoms with Gasteiger partial charge in [-0.2, -0.15) is 0 Å². The molecule has 0 aliphatic carbocycles. The van der Waals surface area contributed by atoms with Crippen LogP contribution in [-0.4, -0.2) is 29.9 Å². The van der Waals surface area contributed by atoms with E-state index in [4.69, 9.17) is 0 Å². The van der Waals surface area contributed by atoms with Gasteiger partial charge in [-0.05, 0) is 26.0 Å². The van der Waals surface area contributed by atoms with Crippen molar-refractivity contribution in [3.63, 3.8) is 0 Å². The lowest BCUT2D eigenvalue weighted by atomic mass is 10.3. The Morgan fingerprint density at radius 2 is 2.20 bits per heavy atom. The van der Waals surface area contributed by atoms with Crippen LogP contribution in [0.15, 0.2) is 24.4 Å². The summed E-state index contributed by atoms with van der Waals surface area (Å²) in [6, 6.07) is 6.04. The number of nitrogens with zero attached hydrogens (tertiary/aromatic N) is 5. The largest absolute Gasteiger partial charge is 0.308 e. The maximum atomic E-state index is 4.61. The molecule has 1 atom stereocenters. The lowest BCUT2D eigenvalue weighted by Crippen LogP contribution is -2.15. The van der Waals surface area contributed by atoms with Crippen LogP contribution in [0.1, 0.15) is 23.7 Å². The molecule has 0 amide bonds. The number of hydrogen-bond donors (Lipinski definition) is 0. The summed E-state index contributed by atoms with van der Waals surface area (Å²) in [5.74, 6) is 3.11. The third-order valence-electron chi connectivity index (χ3n) is 3.74. The molecule has 1 aliphatic rings. The second-order valence-electron chi connectivity index (χ2n) is 5.02. The average molecular weight is 285 g/mol. The molecule has 3 aromatic heterocycles. The summed E-state index contributed by atoms with van der Waals surface area (Å²) in [6.07, 6.45) is 2.04. The molecule has 4 heterocycles. The number of aryl methyl sites for hydroxylation is 1. The maximum absolute atomic E-state index is 4.61. The average Bonchev–Trinajstić information content (AvgIpc) is 2.99. The Bertz CT molecular complexity index is 788. The first-order valence-electron chi connectivity index (χ1n) is 6.74. The minimum atomic E-state index is 0.407. The highest BCUT2D eigenvalue weighted by Gasteiger charge is 2.25. The van der Waals surface area contributed by atoms with Gasteiger partial charge in [0.15, 0.2) is 5.82 Å². The minimum absolute atomic E-state index is 0.407. The zero-order valence-electron chi connectivity index (χ0n) is 11.4. The van der Waals surface area contributed by atoms with E-state index in [-0.39, 0.29) is 0 Å². The SMILES string of the molecule is Cc1nc2ccccn2c1-c1nnc2n1CCSC2C. The topological polar surface area (TPSA) is 48.0 Å². The predicted molar refractivity (Wildman–Crippen MR) is 79.8 cm³/mol. The Kier molecular flexibility index (Phi) is 2.60. The summed E-state index contributed by atoms with van der Waals surface area (Å²) in [5.41, 5.74) is 3.01. The van der Waals surface area contributed by atoms with E-state index in [1.54, 1.807) is 0 Å². The number of fused-ring (bicyclic) bond motifs is 2. The molecule has 0 bridgehead atoms. The van der Waals surface area contributed by atoms with E-state index in [9.17, 15) is 0 Å². The summed E-state index contributed by atoms with van der Waals surface area (Å²) >= 11 is 1.93. The first-order valence-corrected chi connectivity index (χ1v) is 7.79. The van der Waals surface area contributed by atoms with Crippen LogP contribution >= 0.6 is 11.8 Å². The van der Waals surface area contributed by atoms with E-state index in [0.29, 0.717) is 5.25 Å². The highest BCUT2D eigenvalue weighted by Crippen LogP contribution is 2.34. The molecule has 5 nitrogen and oxygen atoms in total. The molecule has 3 aromatic rings. The first kappa shape index (κ1) is 12.0. The number of aromatic nitrogens is 5. The van der Waals surface area contributed by atoms with Crippen LogP contribution in [0.2, 0.25) is 0 Å². The molecule has 1 aliphatic heterocycles. The summed E-state index contributed by atoms with van der Waals surface area (Å²) in [4.78, 5) is 4.61. The smallest absolute Gasteiger partial charge is 0.182 e. The molecule has 6 heteroatoms.